The molecule has 2 aliphatic rings. The molecule has 0 radical (unpaired) electrons. The molecular formula is C47H53F3N6O8S3. The van der Waals surface area contributed by atoms with E-state index >= 15 is 0 Å². The Labute approximate surface area is 391 Å². The van der Waals surface area contributed by atoms with E-state index in [0.29, 0.717) is 49.8 Å². The van der Waals surface area contributed by atoms with E-state index < -0.39 is 41.8 Å². The van der Waals surface area contributed by atoms with Crippen LogP contribution in [0.1, 0.15) is 53.8 Å². The molecule has 7 rings (SSSR count). The molecule has 2 heterocycles. The number of sulfonamides is 3. The first kappa shape index (κ1) is 53.8. The Balaban J connectivity index is 0.000000306. The molecule has 0 aromatic heterocycles. The summed E-state index contributed by atoms with van der Waals surface area (Å²) in [5.41, 5.74) is 3.29. The highest BCUT2D eigenvalue weighted by atomic mass is 32.2. The van der Waals surface area contributed by atoms with Gasteiger partial charge in [-0.25, -0.2) is 25.3 Å². The molecule has 1 N–H and O–H groups in total. The maximum atomic E-state index is 13.6. The summed E-state index contributed by atoms with van der Waals surface area (Å²) in [6.07, 6.45) is -4.61. The van der Waals surface area contributed by atoms with Crippen LogP contribution in [0.2, 0.25) is 0 Å². The largest absolute Gasteiger partial charge is 0.456 e. The average Bonchev–Trinajstić information content (AvgIpc) is 3.26. The van der Waals surface area contributed by atoms with E-state index in [1.165, 1.54) is 28.6 Å². The lowest BCUT2D eigenvalue weighted by molar-refractivity contribution is -0.137. The van der Waals surface area contributed by atoms with Gasteiger partial charge in [0, 0.05) is 52.4 Å². The van der Waals surface area contributed by atoms with E-state index in [-0.39, 0.29) is 78.3 Å². The zero-order valence-corrected chi connectivity index (χ0v) is 38.2. The van der Waals surface area contributed by atoms with Crippen molar-refractivity contribution in [2.75, 3.05) is 52.4 Å². The maximum Gasteiger partial charge on any atom is 0.416 e. The smallest absolute Gasteiger partial charge is 0.416 e. The van der Waals surface area contributed by atoms with Crippen molar-refractivity contribution in [1.29, 1.82) is 10.5 Å². The summed E-state index contributed by atoms with van der Waals surface area (Å²) >= 11 is 0. The second-order valence-corrected chi connectivity index (χ2v) is 21.1. The Bertz CT molecular complexity index is 2960. The molecule has 2 saturated heterocycles. The van der Waals surface area contributed by atoms with Gasteiger partial charge in [-0.3, -0.25) is 0 Å². The fourth-order valence-electron chi connectivity index (χ4n) is 7.24. The van der Waals surface area contributed by atoms with Gasteiger partial charge in [0.05, 0.1) is 33.7 Å². The summed E-state index contributed by atoms with van der Waals surface area (Å²) < 4.78 is 133. The van der Waals surface area contributed by atoms with Gasteiger partial charge in [0.1, 0.15) is 32.8 Å². The number of aryl methyl sites for hydroxylation is 4. The van der Waals surface area contributed by atoms with Crippen LogP contribution < -0.4 is 14.8 Å². The number of hydrogen-bond acceptors (Lipinski definition) is 11. The fraction of sp³-hybridized carbons (Fsp3) is 0.319. The first-order chi connectivity index (χ1) is 30.6. The second kappa shape index (κ2) is 21.9. The number of rotatable bonds is 10. The van der Waals surface area contributed by atoms with Crippen LogP contribution in [0.5, 0.6) is 23.0 Å². The molecule has 2 fully saturated rings. The quantitative estimate of drug-likeness (QED) is 0.141. The SMILES string of the molecule is C.C.Cc1cc(C)cc(Oc2ccc(C#N)cc2S(=O)(=O)N2CCN(S(=O)(=O)c3ccc(C(F)(F)F)cc3)CC2)c1.Cc1cc(C)cc(Oc2ccc(C#N)cc2S(=O)(=O)N2CCNCC2)c1. The predicted octanol–water partition coefficient (Wildman–Crippen LogP) is 8.51. The average molecular weight is 983 g/mol. The van der Waals surface area contributed by atoms with Crippen LogP contribution in [0.4, 0.5) is 13.2 Å². The first-order valence-corrected chi connectivity index (χ1v) is 24.4. The van der Waals surface area contributed by atoms with E-state index in [0.717, 1.165) is 43.0 Å². The summed E-state index contributed by atoms with van der Waals surface area (Å²) in [5.74, 6) is 1.23. The Hall–Kier alpha value is -5.84. The summed E-state index contributed by atoms with van der Waals surface area (Å²) in [6.45, 7) is 8.79. The molecule has 0 bridgehead atoms. The highest BCUT2D eigenvalue weighted by molar-refractivity contribution is 7.90. The van der Waals surface area contributed by atoms with Gasteiger partial charge in [-0.1, -0.05) is 27.0 Å². The number of piperazine rings is 2. The molecule has 5 aromatic rings. The van der Waals surface area contributed by atoms with Crippen molar-refractivity contribution in [3.05, 3.63) is 136 Å². The van der Waals surface area contributed by atoms with Gasteiger partial charge in [-0.15, -0.1) is 0 Å². The van der Waals surface area contributed by atoms with Crippen molar-refractivity contribution in [2.24, 2.45) is 0 Å². The summed E-state index contributed by atoms with van der Waals surface area (Å²) in [4.78, 5) is -0.532. The van der Waals surface area contributed by atoms with E-state index in [4.69, 9.17) is 9.47 Å². The third kappa shape index (κ3) is 12.8. The molecule has 0 unspecified atom stereocenters. The molecular weight excluding hydrogens is 930 g/mol. The zero-order valence-electron chi connectivity index (χ0n) is 35.8. The monoisotopic (exact) mass is 982 g/mol. The van der Waals surface area contributed by atoms with Crippen molar-refractivity contribution in [3.63, 3.8) is 0 Å². The van der Waals surface area contributed by atoms with Crippen molar-refractivity contribution in [3.8, 4) is 35.1 Å². The summed E-state index contributed by atoms with van der Waals surface area (Å²) in [7, 11) is -12.1. The molecule has 2 aliphatic heterocycles. The highest BCUT2D eigenvalue weighted by Crippen LogP contribution is 2.36. The lowest BCUT2D eigenvalue weighted by Crippen LogP contribution is -2.50. The predicted molar refractivity (Wildman–Crippen MR) is 248 cm³/mol. The standard InChI is InChI=1S/C26H24F3N3O5S2.C19H21N3O3S.2CH4/c1-18-13-19(2)15-22(14-18)37-24-8-3-20(17-30)16-25(24)39(35,36)32-11-9-31(10-12-32)38(33,34)23-6-4-21(5-7-23)26(27,28)29;1-14-9-15(2)11-17(10-14)25-18-4-3-16(13-20)12-19(18)26(23,24)22-7-5-21-6-8-22;;/h3-8,13-16H,9-12H2,1-2H3;3-4,9-12,21H,5-8H2,1-2H3;2*1H4. The Morgan fingerprint density at radius 3 is 1.24 bits per heavy atom. The van der Waals surface area contributed by atoms with Gasteiger partial charge in [0.2, 0.25) is 30.1 Å². The Morgan fingerprint density at radius 1 is 0.522 bits per heavy atom. The number of ether oxygens (including phenoxy) is 2. The molecule has 0 spiro atoms. The van der Waals surface area contributed by atoms with E-state index in [2.05, 4.69) is 5.32 Å². The van der Waals surface area contributed by atoms with Crippen molar-refractivity contribution in [2.45, 2.75) is 63.4 Å². The molecule has 0 saturated carbocycles. The lowest BCUT2D eigenvalue weighted by Gasteiger charge is -2.33. The molecule has 20 heteroatoms. The van der Waals surface area contributed by atoms with Crippen molar-refractivity contribution < 1.29 is 47.9 Å². The molecule has 14 nitrogen and oxygen atoms in total. The van der Waals surface area contributed by atoms with E-state index in [1.54, 1.807) is 24.3 Å². The molecule has 0 atom stereocenters. The van der Waals surface area contributed by atoms with Crippen LogP contribution in [-0.4, -0.2) is 90.5 Å². The molecule has 67 heavy (non-hydrogen) atoms. The number of nitrogens with one attached hydrogen (secondary N) is 1. The van der Waals surface area contributed by atoms with Gasteiger partial charge >= 0.3 is 6.18 Å². The molecule has 5 aromatic carbocycles. The molecule has 0 aliphatic carbocycles. The van der Waals surface area contributed by atoms with Gasteiger partial charge < -0.3 is 14.8 Å². The topological polar surface area (TPSA) is 190 Å². The minimum atomic E-state index is -4.61. The number of alkyl halides is 3. The minimum Gasteiger partial charge on any atom is -0.456 e. The second-order valence-electron chi connectivity index (χ2n) is 15.4. The Morgan fingerprint density at radius 2 is 0.881 bits per heavy atom. The first-order valence-electron chi connectivity index (χ1n) is 20.1. The van der Waals surface area contributed by atoms with Crippen LogP contribution in [0.3, 0.4) is 0 Å². The van der Waals surface area contributed by atoms with Crippen LogP contribution in [-0.2, 0) is 36.2 Å². The van der Waals surface area contributed by atoms with E-state index in [1.807, 2.05) is 64.1 Å². The number of nitrogens with zero attached hydrogens (tertiary/aromatic N) is 5. The zero-order chi connectivity index (χ0) is 47.3. The third-order valence-corrected chi connectivity index (χ3v) is 16.1. The van der Waals surface area contributed by atoms with Gasteiger partial charge in [-0.05, 0) is 135 Å². The molecule has 0 amide bonds. The number of hydrogen-bond donors (Lipinski definition) is 1. The normalized spacial score (nSPS) is 15.1. The van der Waals surface area contributed by atoms with Gasteiger partial charge in [0.25, 0.3) is 0 Å². The number of halogens is 3. The van der Waals surface area contributed by atoms with E-state index in [9.17, 15) is 48.9 Å². The Kier molecular flexibility index (Phi) is 17.5. The number of benzene rings is 5. The summed E-state index contributed by atoms with van der Waals surface area (Å²) in [5, 5.41) is 21.7. The third-order valence-electron chi connectivity index (χ3n) is 10.3. The highest BCUT2D eigenvalue weighted by Gasteiger charge is 2.37. The minimum absolute atomic E-state index is 0. The molecule has 358 valence electrons. The maximum absolute atomic E-state index is 13.6. The number of nitriles is 2. The van der Waals surface area contributed by atoms with Crippen molar-refractivity contribution >= 4 is 30.1 Å². The lowest BCUT2D eigenvalue weighted by atomic mass is 10.1. The van der Waals surface area contributed by atoms with Crippen molar-refractivity contribution in [1.82, 2.24) is 18.2 Å². The van der Waals surface area contributed by atoms with Gasteiger partial charge in [0.15, 0.2) is 0 Å². The summed E-state index contributed by atoms with van der Waals surface area (Å²) in [6, 6.07) is 26.7. The van der Waals surface area contributed by atoms with Crippen LogP contribution in [0.25, 0.3) is 0 Å². The fourth-order valence-corrected chi connectivity index (χ4v) is 11.8. The van der Waals surface area contributed by atoms with Crippen LogP contribution in [0, 0.1) is 50.4 Å². The van der Waals surface area contributed by atoms with Gasteiger partial charge in [-0.2, -0.15) is 36.6 Å². The van der Waals surface area contributed by atoms with Crippen LogP contribution >= 0.6 is 0 Å². The van der Waals surface area contributed by atoms with Crippen LogP contribution in [0.15, 0.2) is 112 Å².